The predicted octanol–water partition coefficient (Wildman–Crippen LogP) is 5.02. The molecule has 186 valence electrons. The molecule has 36 heavy (non-hydrogen) atoms. The van der Waals surface area contributed by atoms with Crippen LogP contribution in [0.1, 0.15) is 25.3 Å². The van der Waals surface area contributed by atoms with Crippen molar-refractivity contribution < 1.29 is 23.4 Å². The zero-order valence-corrected chi connectivity index (χ0v) is 20.1. The average Bonchev–Trinajstić information content (AvgIpc) is 3.53. The Morgan fingerprint density at radius 3 is 2.81 bits per heavy atom. The van der Waals surface area contributed by atoms with Gasteiger partial charge in [-0.1, -0.05) is 13.0 Å². The molecule has 0 saturated carbocycles. The van der Waals surface area contributed by atoms with Gasteiger partial charge in [-0.05, 0) is 53.8 Å². The molecule has 2 aromatic heterocycles. The van der Waals surface area contributed by atoms with Gasteiger partial charge in [0.15, 0.2) is 5.82 Å². The molecule has 7 nitrogen and oxygen atoms in total. The number of nitrogens with zero attached hydrogens (tertiary/aromatic N) is 4. The van der Waals surface area contributed by atoms with Gasteiger partial charge < -0.3 is 19.5 Å². The van der Waals surface area contributed by atoms with Crippen LogP contribution in [-0.2, 0) is 11.2 Å². The van der Waals surface area contributed by atoms with E-state index in [1.807, 2.05) is 6.92 Å². The Balaban J connectivity index is 1.56. The normalized spacial score (nSPS) is 19.7. The number of hydrogen-bond donors (Lipinski definition) is 1. The number of hydrogen-bond acceptors (Lipinski definition) is 7. The van der Waals surface area contributed by atoms with Gasteiger partial charge in [-0.15, -0.1) is 0 Å². The van der Waals surface area contributed by atoms with Crippen molar-refractivity contribution in [3.63, 3.8) is 0 Å². The first-order chi connectivity index (χ1) is 17.4. The summed E-state index contributed by atoms with van der Waals surface area (Å²) in [4.78, 5) is 15.5. The van der Waals surface area contributed by atoms with Crippen LogP contribution < -0.4 is 9.64 Å². The van der Waals surface area contributed by atoms with E-state index in [1.165, 1.54) is 25.3 Å². The van der Waals surface area contributed by atoms with Crippen LogP contribution in [0.5, 0.6) is 11.8 Å². The summed E-state index contributed by atoms with van der Waals surface area (Å²) < 4.78 is 41.9. The Morgan fingerprint density at radius 2 is 2.06 bits per heavy atom. The van der Waals surface area contributed by atoms with E-state index >= 15 is 4.39 Å². The summed E-state index contributed by atoms with van der Waals surface area (Å²) >= 11 is 0. The van der Waals surface area contributed by atoms with E-state index in [9.17, 15) is 9.50 Å². The van der Waals surface area contributed by atoms with Crippen LogP contribution in [0.15, 0.2) is 30.5 Å². The van der Waals surface area contributed by atoms with Crippen LogP contribution in [0, 0.1) is 17.0 Å². The minimum absolute atomic E-state index is 0.0162. The fraction of sp³-hybridized carbons (Fsp3) is 0.370. The Hall–Kier alpha value is -3.59. The van der Waals surface area contributed by atoms with Gasteiger partial charge in [0, 0.05) is 36.9 Å². The Morgan fingerprint density at radius 1 is 1.19 bits per heavy atom. The zero-order chi connectivity index (χ0) is 25.0. The minimum Gasteiger partial charge on any atom is -0.508 e. The first kappa shape index (κ1) is 22.8. The second kappa shape index (κ2) is 8.51. The lowest BCUT2D eigenvalue weighted by Crippen LogP contribution is -2.28. The van der Waals surface area contributed by atoms with Crippen LogP contribution >= 0.6 is 0 Å². The number of pyridine rings is 1. The highest BCUT2D eigenvalue weighted by molar-refractivity contribution is 6.01. The number of aromatic hydroxyl groups is 1. The number of phenols is 1. The average molecular weight is 493 g/mol. The second-order valence-electron chi connectivity index (χ2n) is 9.66. The van der Waals surface area contributed by atoms with Gasteiger partial charge in [0.25, 0.3) is 0 Å². The first-order valence-corrected chi connectivity index (χ1v) is 12.1. The number of aryl methyl sites for hydroxylation is 1. The summed E-state index contributed by atoms with van der Waals surface area (Å²) in [5.74, 6) is -0.553. The van der Waals surface area contributed by atoms with Crippen LogP contribution in [-0.4, -0.2) is 53.5 Å². The molecule has 2 aliphatic heterocycles. The molecule has 1 N–H and O–H groups in total. The van der Waals surface area contributed by atoms with Gasteiger partial charge in [0.05, 0.1) is 19.1 Å². The topological polar surface area (TPSA) is 80.6 Å². The summed E-state index contributed by atoms with van der Waals surface area (Å²) in [6, 6.07) is 5.94. The third-order valence-electron chi connectivity index (χ3n) is 7.51. The van der Waals surface area contributed by atoms with E-state index in [0.717, 1.165) is 32.5 Å². The standard InChI is InChI=1S/C27H26F2N4O3/c1-3-17-20(28)5-4-15-10-16(34)11-18(21(15)17)23-22(29)24-19(12-30-23)25(32-26(31-24)35-2)33-8-6-27(13-33)7-9-36-14-27/h4-5,10-12,34H,3,6-9,13-14H2,1-2H3. The molecular weight excluding hydrogens is 466 g/mol. The van der Waals surface area contributed by atoms with E-state index < -0.39 is 5.82 Å². The second-order valence-corrected chi connectivity index (χ2v) is 9.66. The molecule has 4 aromatic rings. The van der Waals surface area contributed by atoms with Gasteiger partial charge in [0.1, 0.15) is 28.6 Å². The lowest BCUT2D eigenvalue weighted by Gasteiger charge is -2.24. The highest BCUT2D eigenvalue weighted by atomic mass is 19.1. The number of fused-ring (bicyclic) bond motifs is 2. The zero-order valence-electron chi connectivity index (χ0n) is 20.1. The van der Waals surface area contributed by atoms with Crippen molar-refractivity contribution in [2.45, 2.75) is 26.2 Å². The van der Waals surface area contributed by atoms with Crippen molar-refractivity contribution in [1.82, 2.24) is 15.0 Å². The predicted molar refractivity (Wildman–Crippen MR) is 132 cm³/mol. The van der Waals surface area contributed by atoms with E-state index in [1.54, 1.807) is 12.3 Å². The lowest BCUT2D eigenvalue weighted by atomic mass is 9.87. The SMILES string of the molecule is CCc1c(F)ccc2cc(O)cc(-c3ncc4c(N5CCC6(CCOC6)C5)nc(OC)nc4c3F)c12. The first-order valence-electron chi connectivity index (χ1n) is 12.1. The number of halogens is 2. The van der Waals surface area contributed by atoms with Gasteiger partial charge in [-0.2, -0.15) is 9.97 Å². The molecule has 2 aliphatic rings. The molecular formula is C27H26F2N4O3. The summed E-state index contributed by atoms with van der Waals surface area (Å²) in [5.41, 5.74) is 0.875. The molecule has 2 aromatic carbocycles. The fourth-order valence-electron chi connectivity index (χ4n) is 5.66. The Kier molecular flexibility index (Phi) is 5.40. The van der Waals surface area contributed by atoms with Crippen LogP contribution in [0.4, 0.5) is 14.6 Å². The summed E-state index contributed by atoms with van der Waals surface area (Å²) in [6.45, 7) is 4.81. The molecule has 0 aliphatic carbocycles. The van der Waals surface area contributed by atoms with Crippen molar-refractivity contribution >= 4 is 27.5 Å². The largest absolute Gasteiger partial charge is 0.508 e. The Labute approximate surface area is 206 Å². The molecule has 2 fully saturated rings. The number of methoxy groups -OCH3 is 1. The quantitative estimate of drug-likeness (QED) is 0.429. The number of aromatic nitrogens is 3. The highest BCUT2D eigenvalue weighted by Gasteiger charge is 2.42. The van der Waals surface area contributed by atoms with Crippen molar-refractivity contribution in [3.05, 3.63) is 47.7 Å². The van der Waals surface area contributed by atoms with Gasteiger partial charge in [-0.25, -0.2) is 8.78 Å². The lowest BCUT2D eigenvalue weighted by molar-refractivity contribution is 0.160. The molecule has 6 rings (SSSR count). The monoisotopic (exact) mass is 492 g/mol. The molecule has 2 saturated heterocycles. The summed E-state index contributed by atoms with van der Waals surface area (Å²) in [7, 11) is 1.44. The fourth-order valence-corrected chi connectivity index (χ4v) is 5.66. The summed E-state index contributed by atoms with van der Waals surface area (Å²) in [6.07, 6.45) is 3.91. The molecule has 0 amide bonds. The number of phenolic OH excluding ortho intramolecular Hbond substituents is 1. The van der Waals surface area contributed by atoms with Crippen LogP contribution in [0.2, 0.25) is 0 Å². The van der Waals surface area contributed by atoms with Crippen molar-refractivity contribution in [2.24, 2.45) is 5.41 Å². The van der Waals surface area contributed by atoms with Gasteiger partial charge in [-0.3, -0.25) is 4.98 Å². The smallest absolute Gasteiger partial charge is 0.318 e. The third-order valence-corrected chi connectivity index (χ3v) is 7.51. The van der Waals surface area contributed by atoms with E-state index in [2.05, 4.69) is 19.9 Å². The number of anilines is 1. The van der Waals surface area contributed by atoms with E-state index in [-0.39, 0.29) is 34.2 Å². The molecule has 9 heteroatoms. The molecule has 0 radical (unpaired) electrons. The summed E-state index contributed by atoms with van der Waals surface area (Å²) in [5, 5.41) is 12.0. The minimum atomic E-state index is -0.675. The maximum Gasteiger partial charge on any atom is 0.318 e. The molecule has 4 heterocycles. The maximum atomic E-state index is 16.2. The number of rotatable bonds is 4. The highest BCUT2D eigenvalue weighted by Crippen LogP contribution is 2.43. The molecule has 0 bridgehead atoms. The van der Waals surface area contributed by atoms with Crippen molar-refractivity contribution in [1.29, 1.82) is 0 Å². The molecule has 1 unspecified atom stereocenters. The van der Waals surface area contributed by atoms with E-state index in [4.69, 9.17) is 9.47 Å². The van der Waals surface area contributed by atoms with Crippen molar-refractivity contribution in [2.75, 3.05) is 38.3 Å². The third kappa shape index (κ3) is 3.52. The number of benzene rings is 2. The molecule has 1 spiro atoms. The maximum absolute atomic E-state index is 16.2. The number of ether oxygens (including phenoxy) is 2. The van der Waals surface area contributed by atoms with Gasteiger partial charge in [0.2, 0.25) is 0 Å². The van der Waals surface area contributed by atoms with Crippen molar-refractivity contribution in [3.8, 4) is 23.0 Å². The van der Waals surface area contributed by atoms with Gasteiger partial charge >= 0.3 is 6.01 Å². The van der Waals surface area contributed by atoms with E-state index in [0.29, 0.717) is 46.1 Å². The van der Waals surface area contributed by atoms with Crippen LogP contribution in [0.25, 0.3) is 32.9 Å². The van der Waals surface area contributed by atoms with Crippen LogP contribution in [0.3, 0.4) is 0 Å². The molecule has 1 atom stereocenters. The Bertz CT molecular complexity index is 1500.